The lowest BCUT2D eigenvalue weighted by Crippen LogP contribution is -2.13. The van der Waals surface area contributed by atoms with Crippen molar-refractivity contribution in [3.8, 4) is 5.82 Å². The molecule has 0 saturated heterocycles. The van der Waals surface area contributed by atoms with Gasteiger partial charge in [-0.25, -0.2) is 14.5 Å². The Morgan fingerprint density at radius 2 is 2.33 bits per heavy atom. The Kier molecular flexibility index (Phi) is 3.22. The molecule has 1 N–H and O–H groups in total. The molecular weight excluding hydrogens is 236 g/mol. The average Bonchev–Trinajstić information content (AvgIpc) is 2.77. The third-order valence-corrected chi connectivity index (χ3v) is 2.15. The summed E-state index contributed by atoms with van der Waals surface area (Å²) in [5.41, 5.74) is -0.0951. The first-order valence-corrected chi connectivity index (χ1v) is 5.41. The fraction of sp³-hybridized carbons (Fsp3) is 0.273. The minimum atomic E-state index is -0.502. The van der Waals surface area contributed by atoms with Gasteiger partial charge >= 0.3 is 5.97 Å². The van der Waals surface area contributed by atoms with Crippen LogP contribution >= 0.6 is 0 Å². The summed E-state index contributed by atoms with van der Waals surface area (Å²) in [5, 5.41) is 4.01. The number of carbonyl (C=O) groups is 1. The Morgan fingerprint density at radius 1 is 1.56 bits per heavy atom. The van der Waals surface area contributed by atoms with E-state index in [9.17, 15) is 9.59 Å². The van der Waals surface area contributed by atoms with E-state index >= 15 is 0 Å². The molecule has 0 spiro atoms. The standard InChI is InChI=1S/C11H12N4O3/c1-3-18-11(17)8-4-5-15(14-8)9-6-10(16)13-7(2)12-9/h4-6H,3H2,1-2H3,(H,12,13,16). The molecule has 0 saturated carbocycles. The molecule has 2 heterocycles. The van der Waals surface area contributed by atoms with Gasteiger partial charge in [-0.1, -0.05) is 0 Å². The molecule has 0 radical (unpaired) electrons. The highest BCUT2D eigenvalue weighted by Gasteiger charge is 2.11. The third kappa shape index (κ3) is 2.45. The molecule has 0 unspecified atom stereocenters. The maximum absolute atomic E-state index is 11.4. The van der Waals surface area contributed by atoms with Crippen LogP contribution in [-0.4, -0.2) is 32.3 Å². The summed E-state index contributed by atoms with van der Waals surface area (Å²) in [6.07, 6.45) is 1.55. The van der Waals surface area contributed by atoms with Gasteiger partial charge in [-0.05, 0) is 19.9 Å². The summed E-state index contributed by atoms with van der Waals surface area (Å²) in [6, 6.07) is 2.81. The van der Waals surface area contributed by atoms with Gasteiger partial charge in [0, 0.05) is 12.3 Å². The highest BCUT2D eigenvalue weighted by molar-refractivity contribution is 5.87. The zero-order valence-electron chi connectivity index (χ0n) is 10.0. The number of nitrogens with zero attached hydrogens (tertiary/aromatic N) is 3. The number of aromatic amines is 1. The van der Waals surface area contributed by atoms with E-state index in [-0.39, 0.29) is 17.9 Å². The second-order valence-electron chi connectivity index (χ2n) is 3.56. The summed E-state index contributed by atoms with van der Waals surface area (Å²) in [5.74, 6) is 0.329. The molecule has 0 bridgehead atoms. The number of ether oxygens (including phenoxy) is 1. The number of aryl methyl sites for hydroxylation is 1. The van der Waals surface area contributed by atoms with E-state index in [1.807, 2.05) is 0 Å². The average molecular weight is 248 g/mol. The first kappa shape index (κ1) is 12.0. The maximum atomic E-state index is 11.4. The van der Waals surface area contributed by atoms with Gasteiger partial charge < -0.3 is 9.72 Å². The Labute approximate surface area is 102 Å². The van der Waals surface area contributed by atoms with Crippen LogP contribution in [0.3, 0.4) is 0 Å². The molecule has 2 aromatic heterocycles. The van der Waals surface area contributed by atoms with Crippen molar-refractivity contribution in [2.75, 3.05) is 6.61 Å². The second kappa shape index (κ2) is 4.82. The van der Waals surface area contributed by atoms with Crippen LogP contribution in [-0.2, 0) is 4.74 Å². The quantitative estimate of drug-likeness (QED) is 0.796. The Morgan fingerprint density at radius 3 is 3.00 bits per heavy atom. The molecule has 7 heteroatoms. The summed E-state index contributed by atoms with van der Waals surface area (Å²) in [6.45, 7) is 3.67. The minimum absolute atomic E-state index is 0.177. The predicted octanol–water partition coefficient (Wildman–Crippen LogP) is 0.441. The van der Waals surface area contributed by atoms with Crippen LogP contribution in [0.4, 0.5) is 0 Å². The van der Waals surface area contributed by atoms with E-state index < -0.39 is 5.97 Å². The van der Waals surface area contributed by atoms with Crippen LogP contribution in [0, 0.1) is 6.92 Å². The summed E-state index contributed by atoms with van der Waals surface area (Å²) in [7, 11) is 0. The molecule has 0 atom stereocenters. The van der Waals surface area contributed by atoms with E-state index in [0.29, 0.717) is 11.6 Å². The van der Waals surface area contributed by atoms with E-state index in [1.54, 1.807) is 20.0 Å². The van der Waals surface area contributed by atoms with Crippen LogP contribution < -0.4 is 5.56 Å². The monoisotopic (exact) mass is 248 g/mol. The second-order valence-corrected chi connectivity index (χ2v) is 3.56. The molecule has 2 aromatic rings. The van der Waals surface area contributed by atoms with Gasteiger partial charge in [0.1, 0.15) is 5.82 Å². The lowest BCUT2D eigenvalue weighted by atomic mass is 10.4. The molecule has 94 valence electrons. The largest absolute Gasteiger partial charge is 0.461 e. The van der Waals surface area contributed by atoms with Crippen molar-refractivity contribution in [3.05, 3.63) is 40.2 Å². The van der Waals surface area contributed by atoms with Gasteiger partial charge in [0.15, 0.2) is 11.5 Å². The molecule has 0 aliphatic carbocycles. The molecule has 0 amide bonds. The molecule has 0 aliphatic rings. The smallest absolute Gasteiger partial charge is 0.358 e. The summed E-state index contributed by atoms with van der Waals surface area (Å²) in [4.78, 5) is 29.4. The minimum Gasteiger partial charge on any atom is -0.461 e. The van der Waals surface area contributed by atoms with Crippen LogP contribution in [0.15, 0.2) is 23.1 Å². The van der Waals surface area contributed by atoms with E-state index in [1.165, 1.54) is 16.8 Å². The molecular formula is C11H12N4O3. The number of hydrogen-bond acceptors (Lipinski definition) is 5. The Balaban J connectivity index is 2.34. The highest BCUT2D eigenvalue weighted by atomic mass is 16.5. The van der Waals surface area contributed by atoms with Gasteiger partial charge in [0.2, 0.25) is 0 Å². The van der Waals surface area contributed by atoms with E-state index in [2.05, 4.69) is 15.1 Å². The van der Waals surface area contributed by atoms with Crippen molar-refractivity contribution in [2.45, 2.75) is 13.8 Å². The van der Waals surface area contributed by atoms with Gasteiger partial charge in [0.25, 0.3) is 5.56 Å². The third-order valence-electron chi connectivity index (χ3n) is 2.15. The number of rotatable bonds is 3. The lowest BCUT2D eigenvalue weighted by molar-refractivity contribution is 0.0519. The van der Waals surface area contributed by atoms with E-state index in [0.717, 1.165) is 0 Å². The molecule has 0 fully saturated rings. The van der Waals surface area contributed by atoms with E-state index in [4.69, 9.17) is 4.74 Å². The molecule has 7 nitrogen and oxygen atoms in total. The van der Waals surface area contributed by atoms with Gasteiger partial charge in [-0.15, -0.1) is 0 Å². The van der Waals surface area contributed by atoms with Gasteiger partial charge in [-0.3, -0.25) is 4.79 Å². The normalized spacial score (nSPS) is 10.3. The van der Waals surface area contributed by atoms with Crippen molar-refractivity contribution in [1.29, 1.82) is 0 Å². The van der Waals surface area contributed by atoms with Crippen LogP contribution in [0.1, 0.15) is 23.2 Å². The number of nitrogens with one attached hydrogen (secondary N) is 1. The zero-order valence-corrected chi connectivity index (χ0v) is 10.0. The van der Waals surface area contributed by atoms with Gasteiger partial charge in [0.05, 0.1) is 6.61 Å². The molecule has 2 rings (SSSR count). The molecule has 0 aromatic carbocycles. The zero-order chi connectivity index (χ0) is 13.1. The number of esters is 1. The Bertz CT molecular complexity index is 629. The van der Waals surface area contributed by atoms with Crippen LogP contribution in [0.5, 0.6) is 0 Å². The van der Waals surface area contributed by atoms with Crippen molar-refractivity contribution in [3.63, 3.8) is 0 Å². The van der Waals surface area contributed by atoms with Crippen molar-refractivity contribution in [2.24, 2.45) is 0 Å². The number of hydrogen-bond donors (Lipinski definition) is 1. The van der Waals surface area contributed by atoms with Crippen molar-refractivity contribution in [1.82, 2.24) is 19.7 Å². The molecule has 0 aliphatic heterocycles. The number of carbonyl (C=O) groups excluding carboxylic acids is 1. The maximum Gasteiger partial charge on any atom is 0.358 e. The SMILES string of the molecule is CCOC(=O)c1ccn(-c2cc(=O)[nH]c(C)n2)n1. The van der Waals surface area contributed by atoms with Crippen LogP contribution in [0.2, 0.25) is 0 Å². The number of aromatic nitrogens is 4. The fourth-order valence-corrected chi connectivity index (χ4v) is 1.45. The van der Waals surface area contributed by atoms with Crippen LogP contribution in [0.25, 0.3) is 5.82 Å². The number of H-pyrrole nitrogens is 1. The van der Waals surface area contributed by atoms with Crippen molar-refractivity contribution < 1.29 is 9.53 Å². The van der Waals surface area contributed by atoms with Crippen molar-refractivity contribution >= 4 is 5.97 Å². The topological polar surface area (TPSA) is 89.9 Å². The summed E-state index contributed by atoms with van der Waals surface area (Å²) >= 11 is 0. The fourth-order valence-electron chi connectivity index (χ4n) is 1.45. The molecule has 18 heavy (non-hydrogen) atoms. The predicted molar refractivity (Wildman–Crippen MR) is 62.7 cm³/mol. The Hall–Kier alpha value is -2.44. The first-order valence-electron chi connectivity index (χ1n) is 5.41. The van der Waals surface area contributed by atoms with Gasteiger partial charge in [-0.2, -0.15) is 5.10 Å². The summed E-state index contributed by atoms with van der Waals surface area (Å²) < 4.78 is 6.18. The first-order chi connectivity index (χ1) is 8.60. The lowest BCUT2D eigenvalue weighted by Gasteiger charge is -2.00. The highest BCUT2D eigenvalue weighted by Crippen LogP contribution is 2.04.